The van der Waals surface area contributed by atoms with Crippen LogP contribution in [0, 0.1) is 12.8 Å². The molecule has 0 unspecified atom stereocenters. The molecule has 0 spiro atoms. The number of aromatic nitrogens is 4. The van der Waals surface area contributed by atoms with E-state index in [4.69, 9.17) is 4.74 Å². The Kier molecular flexibility index (Phi) is 5.25. The number of aryl methyl sites for hydroxylation is 1. The van der Waals surface area contributed by atoms with E-state index in [1.807, 2.05) is 38.1 Å². The summed E-state index contributed by atoms with van der Waals surface area (Å²) < 4.78 is 7.06. The van der Waals surface area contributed by atoms with Gasteiger partial charge in [0.25, 0.3) is 0 Å². The summed E-state index contributed by atoms with van der Waals surface area (Å²) in [5.74, 6) is 1.33. The predicted molar refractivity (Wildman–Crippen MR) is 98.0 cm³/mol. The number of ether oxygens (including phenoxy) is 1. The average Bonchev–Trinajstić information content (AvgIpc) is 3.13. The second kappa shape index (κ2) is 7.43. The Bertz CT molecular complexity index is 765. The van der Waals surface area contributed by atoms with Gasteiger partial charge < -0.3 is 4.74 Å². The summed E-state index contributed by atoms with van der Waals surface area (Å²) in [6, 6.07) is 7.99. The summed E-state index contributed by atoms with van der Waals surface area (Å²) in [4.78, 5) is 14.3. The van der Waals surface area contributed by atoms with E-state index in [9.17, 15) is 4.79 Å². The molecule has 140 valence electrons. The van der Waals surface area contributed by atoms with Gasteiger partial charge in [0.05, 0.1) is 12.3 Å². The number of nitrogens with zero attached hydrogens (tertiary/aromatic N) is 5. The van der Waals surface area contributed by atoms with E-state index < -0.39 is 5.54 Å². The molecule has 0 bridgehead atoms. The Morgan fingerprint density at radius 3 is 2.69 bits per heavy atom. The summed E-state index contributed by atoms with van der Waals surface area (Å²) in [6.45, 7) is 6.45. The Morgan fingerprint density at radius 1 is 1.35 bits per heavy atom. The number of carbonyl (C=O) groups is 1. The van der Waals surface area contributed by atoms with Gasteiger partial charge in [-0.05, 0) is 67.5 Å². The molecular formula is C19H27N5O2. The molecule has 3 rings (SSSR count). The van der Waals surface area contributed by atoms with Gasteiger partial charge in [-0.15, -0.1) is 5.10 Å². The maximum atomic E-state index is 12.6. The monoisotopic (exact) mass is 357 g/mol. The normalized spacial score (nSPS) is 22.8. The zero-order valence-corrected chi connectivity index (χ0v) is 16.0. The van der Waals surface area contributed by atoms with E-state index in [1.165, 1.54) is 0 Å². The van der Waals surface area contributed by atoms with E-state index in [0.717, 1.165) is 36.9 Å². The van der Waals surface area contributed by atoms with Crippen LogP contribution in [0.4, 0.5) is 4.79 Å². The van der Waals surface area contributed by atoms with Crippen LogP contribution in [0.5, 0.6) is 0 Å². The van der Waals surface area contributed by atoms with Crippen LogP contribution in [-0.4, -0.2) is 44.9 Å². The highest BCUT2D eigenvalue weighted by Crippen LogP contribution is 2.43. The number of tetrazole rings is 1. The first-order valence-electron chi connectivity index (χ1n) is 9.25. The molecule has 1 fully saturated rings. The van der Waals surface area contributed by atoms with Crippen LogP contribution in [-0.2, 0) is 10.3 Å². The van der Waals surface area contributed by atoms with Gasteiger partial charge in [-0.2, -0.15) is 4.68 Å². The zero-order chi connectivity index (χ0) is 18.7. The molecule has 0 aliphatic heterocycles. The third-order valence-electron chi connectivity index (χ3n) is 5.51. The highest BCUT2D eigenvalue weighted by molar-refractivity contribution is 5.68. The zero-order valence-electron chi connectivity index (χ0n) is 16.0. The van der Waals surface area contributed by atoms with Crippen molar-refractivity contribution >= 4 is 6.09 Å². The second-order valence-electron chi connectivity index (χ2n) is 7.17. The lowest BCUT2D eigenvalue weighted by Gasteiger charge is -2.44. The van der Waals surface area contributed by atoms with Crippen LogP contribution in [0.2, 0.25) is 0 Å². The maximum absolute atomic E-state index is 12.6. The molecule has 7 nitrogen and oxygen atoms in total. The van der Waals surface area contributed by atoms with E-state index in [2.05, 4.69) is 22.4 Å². The maximum Gasteiger partial charge on any atom is 0.410 e. The summed E-state index contributed by atoms with van der Waals surface area (Å²) in [6.07, 6.45) is 3.33. The predicted octanol–water partition coefficient (Wildman–Crippen LogP) is 3.46. The standard InChI is InChI=1S/C19H27N5O2/c1-5-26-18(25)23(4)19(12-10-14(2)11-13-19)17-20-21-22-24(17)16-9-7-6-8-15(16)3/h6-9,14H,5,10-13H2,1-4H3. The number of hydrogen-bond acceptors (Lipinski definition) is 5. The molecule has 1 heterocycles. The largest absolute Gasteiger partial charge is 0.450 e. The van der Waals surface area contributed by atoms with Crippen molar-refractivity contribution in [3.63, 3.8) is 0 Å². The molecule has 1 aromatic heterocycles. The Labute approximate surface area is 154 Å². The van der Waals surface area contributed by atoms with Crippen molar-refractivity contribution in [2.24, 2.45) is 5.92 Å². The topological polar surface area (TPSA) is 73.1 Å². The molecular weight excluding hydrogens is 330 g/mol. The molecule has 2 aromatic rings. The molecule has 26 heavy (non-hydrogen) atoms. The van der Waals surface area contributed by atoms with E-state index in [-0.39, 0.29) is 6.09 Å². The van der Waals surface area contributed by atoms with Gasteiger partial charge in [0, 0.05) is 7.05 Å². The highest BCUT2D eigenvalue weighted by atomic mass is 16.6. The second-order valence-corrected chi connectivity index (χ2v) is 7.17. The number of benzene rings is 1. The molecule has 0 N–H and O–H groups in total. The highest BCUT2D eigenvalue weighted by Gasteiger charge is 2.46. The fourth-order valence-corrected chi connectivity index (χ4v) is 3.78. The van der Waals surface area contributed by atoms with Crippen LogP contribution < -0.4 is 0 Å². The van der Waals surface area contributed by atoms with Gasteiger partial charge in [-0.1, -0.05) is 25.1 Å². The first-order valence-corrected chi connectivity index (χ1v) is 9.25. The number of para-hydroxylation sites is 1. The first-order chi connectivity index (χ1) is 12.5. The molecule has 1 aliphatic rings. The minimum Gasteiger partial charge on any atom is -0.450 e. The SMILES string of the molecule is CCOC(=O)N(C)C1(c2nnnn2-c2ccccc2C)CCC(C)CC1. The van der Waals surface area contributed by atoms with Crippen molar-refractivity contribution in [1.29, 1.82) is 0 Å². The fraction of sp³-hybridized carbons (Fsp3) is 0.579. The number of carbonyl (C=O) groups excluding carboxylic acids is 1. The van der Waals surface area contributed by atoms with Crippen molar-refractivity contribution < 1.29 is 9.53 Å². The quantitative estimate of drug-likeness (QED) is 0.838. The fourth-order valence-electron chi connectivity index (χ4n) is 3.78. The number of amides is 1. The Balaban J connectivity index is 2.08. The van der Waals surface area contributed by atoms with Crippen LogP contribution in [0.3, 0.4) is 0 Å². The molecule has 0 radical (unpaired) electrons. The first kappa shape index (κ1) is 18.4. The van der Waals surface area contributed by atoms with Crippen LogP contribution >= 0.6 is 0 Å². The van der Waals surface area contributed by atoms with Gasteiger partial charge in [0.15, 0.2) is 5.82 Å². The molecule has 7 heteroatoms. The van der Waals surface area contributed by atoms with Gasteiger partial charge in [-0.3, -0.25) is 4.90 Å². The van der Waals surface area contributed by atoms with Crippen molar-refractivity contribution in [2.45, 2.75) is 52.0 Å². The summed E-state index contributed by atoms with van der Waals surface area (Å²) in [5, 5.41) is 12.6. The third kappa shape index (κ3) is 3.18. The van der Waals surface area contributed by atoms with E-state index in [0.29, 0.717) is 18.3 Å². The lowest BCUT2D eigenvalue weighted by molar-refractivity contribution is 0.0311. The molecule has 1 aliphatic carbocycles. The Morgan fingerprint density at radius 2 is 2.04 bits per heavy atom. The summed E-state index contributed by atoms with van der Waals surface area (Å²) in [7, 11) is 1.80. The van der Waals surface area contributed by atoms with Crippen LogP contribution in [0.25, 0.3) is 5.69 Å². The molecule has 1 saturated carbocycles. The summed E-state index contributed by atoms with van der Waals surface area (Å²) >= 11 is 0. The van der Waals surface area contributed by atoms with E-state index in [1.54, 1.807) is 16.6 Å². The Hall–Kier alpha value is -2.44. The van der Waals surface area contributed by atoms with E-state index >= 15 is 0 Å². The van der Waals surface area contributed by atoms with Crippen molar-refractivity contribution in [3.05, 3.63) is 35.7 Å². The summed E-state index contributed by atoms with van der Waals surface area (Å²) in [5.41, 5.74) is 1.45. The molecule has 0 saturated heterocycles. The lowest BCUT2D eigenvalue weighted by atomic mass is 9.75. The number of rotatable bonds is 4. The third-order valence-corrected chi connectivity index (χ3v) is 5.51. The molecule has 0 atom stereocenters. The van der Waals surface area contributed by atoms with Crippen LogP contribution in [0.15, 0.2) is 24.3 Å². The van der Waals surface area contributed by atoms with Crippen molar-refractivity contribution in [1.82, 2.24) is 25.1 Å². The van der Waals surface area contributed by atoms with Gasteiger partial charge in [0.1, 0.15) is 5.54 Å². The average molecular weight is 357 g/mol. The minimum atomic E-state index is -0.565. The van der Waals surface area contributed by atoms with Gasteiger partial charge in [-0.25, -0.2) is 4.79 Å². The lowest BCUT2D eigenvalue weighted by Crippen LogP contribution is -2.51. The van der Waals surface area contributed by atoms with Crippen LogP contribution in [0.1, 0.15) is 50.9 Å². The van der Waals surface area contributed by atoms with Crippen molar-refractivity contribution in [2.75, 3.05) is 13.7 Å². The smallest absolute Gasteiger partial charge is 0.410 e. The van der Waals surface area contributed by atoms with Gasteiger partial charge in [0.2, 0.25) is 0 Å². The molecule has 1 aromatic carbocycles. The minimum absolute atomic E-state index is 0.332. The van der Waals surface area contributed by atoms with Gasteiger partial charge >= 0.3 is 6.09 Å². The van der Waals surface area contributed by atoms with Crippen molar-refractivity contribution in [3.8, 4) is 5.69 Å². The molecule has 1 amide bonds. The number of hydrogen-bond donors (Lipinski definition) is 0.